The summed E-state index contributed by atoms with van der Waals surface area (Å²) < 4.78 is 38.0. The van der Waals surface area contributed by atoms with Gasteiger partial charge in [-0.1, -0.05) is 13.8 Å². The van der Waals surface area contributed by atoms with Gasteiger partial charge in [0.15, 0.2) is 5.65 Å². The zero-order valence-electron chi connectivity index (χ0n) is 17.0. The third-order valence-corrected chi connectivity index (χ3v) is 4.85. The molecule has 0 unspecified atom stereocenters. The predicted molar refractivity (Wildman–Crippen MR) is 110 cm³/mol. The van der Waals surface area contributed by atoms with Crippen molar-refractivity contribution in [1.82, 2.24) is 25.2 Å². The van der Waals surface area contributed by atoms with Crippen molar-refractivity contribution in [3.05, 3.63) is 40.3 Å². The van der Waals surface area contributed by atoms with Crippen LogP contribution in [0, 0.1) is 5.92 Å². The van der Waals surface area contributed by atoms with Crippen molar-refractivity contribution in [2.24, 2.45) is 16.8 Å². The summed E-state index contributed by atoms with van der Waals surface area (Å²) in [6.45, 7) is 3.84. The van der Waals surface area contributed by atoms with Gasteiger partial charge in [0.2, 0.25) is 5.91 Å². The van der Waals surface area contributed by atoms with Crippen molar-refractivity contribution in [2.45, 2.75) is 46.0 Å². The Morgan fingerprint density at radius 2 is 1.97 bits per heavy atom. The molecular weight excluding hydrogens is 435 g/mol. The molecule has 0 aliphatic heterocycles. The molecule has 9 nitrogen and oxygen atoms in total. The molecule has 0 radical (unpaired) electrons. The van der Waals surface area contributed by atoms with Crippen LogP contribution in [-0.4, -0.2) is 32.6 Å². The first-order valence-electron chi connectivity index (χ1n) is 9.31. The van der Waals surface area contributed by atoms with Gasteiger partial charge < -0.3 is 16.4 Å². The highest BCUT2D eigenvalue weighted by molar-refractivity contribution is 8.01. The van der Waals surface area contributed by atoms with E-state index in [1.165, 1.54) is 10.7 Å². The van der Waals surface area contributed by atoms with Crippen LogP contribution in [0.5, 0.6) is 0 Å². The smallest absolute Gasteiger partial charge is 0.389 e. The molecule has 0 saturated carbocycles. The van der Waals surface area contributed by atoms with Crippen LogP contribution >= 0.6 is 11.9 Å². The second kappa shape index (κ2) is 10.5. The van der Waals surface area contributed by atoms with Crippen molar-refractivity contribution in [2.75, 3.05) is 0 Å². The Labute approximate surface area is 181 Å². The minimum absolute atomic E-state index is 0.0233. The number of fused-ring (bicyclic) bond motifs is 1. The molecule has 0 aliphatic carbocycles. The fourth-order valence-corrected chi connectivity index (χ4v) is 3.01. The summed E-state index contributed by atoms with van der Waals surface area (Å²) >= 11 is 0.777. The Morgan fingerprint density at radius 3 is 2.58 bits per heavy atom. The Balaban J connectivity index is 1.97. The maximum atomic E-state index is 12.3. The number of hydrogen-bond acceptors (Lipinski definition) is 7. The topological polar surface area (TPSA) is 140 Å². The highest BCUT2D eigenvalue weighted by Crippen LogP contribution is 2.21. The van der Waals surface area contributed by atoms with Crippen molar-refractivity contribution >= 4 is 29.4 Å². The first-order valence-corrected chi connectivity index (χ1v) is 10.2. The largest absolute Gasteiger partial charge is 0.401 e. The maximum absolute atomic E-state index is 12.3. The van der Waals surface area contributed by atoms with Gasteiger partial charge in [0.25, 0.3) is 5.91 Å². The van der Waals surface area contributed by atoms with Gasteiger partial charge in [-0.05, 0) is 29.5 Å². The van der Waals surface area contributed by atoms with E-state index in [1.807, 2.05) is 13.8 Å². The third-order valence-electron chi connectivity index (χ3n) is 4.19. The van der Waals surface area contributed by atoms with E-state index in [0.29, 0.717) is 22.6 Å². The summed E-state index contributed by atoms with van der Waals surface area (Å²) in [7, 11) is 0. The zero-order chi connectivity index (χ0) is 23.2. The number of alkyl halides is 3. The number of aromatic nitrogens is 3. The molecule has 2 amide bonds. The first-order chi connectivity index (χ1) is 14.5. The second-order valence-electron chi connectivity index (χ2n) is 7.03. The van der Waals surface area contributed by atoms with Gasteiger partial charge in [-0.25, -0.2) is 9.50 Å². The molecule has 2 rings (SSSR count). The summed E-state index contributed by atoms with van der Waals surface area (Å²) in [4.78, 5) is 28.4. The third kappa shape index (κ3) is 7.43. The lowest BCUT2D eigenvalue weighted by atomic mass is 10.1. The highest BCUT2D eigenvalue weighted by atomic mass is 32.2. The lowest BCUT2D eigenvalue weighted by Gasteiger charge is -2.11. The van der Waals surface area contributed by atoms with Crippen molar-refractivity contribution in [3.8, 4) is 0 Å². The van der Waals surface area contributed by atoms with Crippen LogP contribution in [0.3, 0.4) is 0 Å². The van der Waals surface area contributed by atoms with Gasteiger partial charge in [0.05, 0.1) is 31.1 Å². The SMILES string of the molecule is CC(C)/C(N)=C(/SN)C(=O)NCc1cn2ncc(CNC(=O)CCC(F)(F)F)cc2n1. The molecule has 13 heteroatoms. The lowest BCUT2D eigenvalue weighted by Crippen LogP contribution is -2.27. The van der Waals surface area contributed by atoms with Crippen LogP contribution in [0.4, 0.5) is 13.2 Å². The minimum Gasteiger partial charge on any atom is -0.401 e. The number of nitrogens with one attached hydrogen (secondary N) is 2. The molecule has 0 atom stereocenters. The van der Waals surface area contributed by atoms with Crippen LogP contribution in [0.15, 0.2) is 29.1 Å². The van der Waals surface area contributed by atoms with Gasteiger partial charge in [0, 0.05) is 18.7 Å². The summed E-state index contributed by atoms with van der Waals surface area (Å²) in [6, 6.07) is 1.64. The average molecular weight is 459 g/mol. The number of halogens is 3. The predicted octanol–water partition coefficient (Wildman–Crippen LogP) is 1.74. The molecule has 6 N–H and O–H groups in total. The molecule has 2 aromatic heterocycles. The number of allylic oxidation sites excluding steroid dienone is 1. The van der Waals surface area contributed by atoms with Gasteiger partial charge in [0.1, 0.15) is 4.91 Å². The van der Waals surface area contributed by atoms with Gasteiger partial charge in [-0.15, -0.1) is 0 Å². The van der Waals surface area contributed by atoms with E-state index in [4.69, 9.17) is 10.9 Å². The van der Waals surface area contributed by atoms with Crippen molar-refractivity contribution < 1.29 is 22.8 Å². The number of carbonyl (C=O) groups is 2. The van der Waals surface area contributed by atoms with Crippen LogP contribution in [0.25, 0.3) is 5.65 Å². The normalized spacial score (nSPS) is 12.7. The molecule has 0 spiro atoms. The molecule has 2 aromatic rings. The Bertz CT molecular complexity index is 973. The van der Waals surface area contributed by atoms with E-state index in [-0.39, 0.29) is 23.9 Å². The highest BCUT2D eigenvalue weighted by Gasteiger charge is 2.27. The number of rotatable bonds is 9. The standard InChI is InChI=1S/C18H24F3N7O2S/c1-10(2)15(22)16(31-23)17(30)25-8-12-9-28-13(27-12)5-11(7-26-28)6-24-14(29)3-4-18(19,20)21/h5,7,9-10H,3-4,6,8,22-23H2,1-2H3,(H,24,29)(H,25,30)/b16-15-. The van der Waals surface area contributed by atoms with Crippen LogP contribution in [-0.2, 0) is 22.7 Å². The van der Waals surface area contributed by atoms with E-state index < -0.39 is 30.8 Å². The minimum atomic E-state index is -4.38. The van der Waals surface area contributed by atoms with E-state index in [0.717, 1.165) is 11.9 Å². The summed E-state index contributed by atoms with van der Waals surface area (Å²) in [5.41, 5.74) is 7.86. The molecule has 0 aliphatic rings. The van der Waals surface area contributed by atoms with Crippen LogP contribution in [0.2, 0.25) is 0 Å². The quantitative estimate of drug-likeness (QED) is 0.331. The molecule has 31 heavy (non-hydrogen) atoms. The Hall–Kier alpha value is -2.80. The number of amides is 2. The van der Waals surface area contributed by atoms with E-state index in [2.05, 4.69) is 20.7 Å². The number of imidazole rings is 1. The van der Waals surface area contributed by atoms with Gasteiger partial charge >= 0.3 is 6.18 Å². The molecular formula is C18H24F3N7O2S. The lowest BCUT2D eigenvalue weighted by molar-refractivity contribution is -0.144. The first kappa shape index (κ1) is 24.5. The summed E-state index contributed by atoms with van der Waals surface area (Å²) in [5.74, 6) is -1.15. The molecule has 0 fully saturated rings. The van der Waals surface area contributed by atoms with Crippen LogP contribution < -0.4 is 21.5 Å². The van der Waals surface area contributed by atoms with E-state index in [9.17, 15) is 22.8 Å². The fraction of sp³-hybridized carbons (Fsp3) is 0.444. The van der Waals surface area contributed by atoms with Crippen molar-refractivity contribution in [1.29, 1.82) is 0 Å². The zero-order valence-corrected chi connectivity index (χ0v) is 17.8. The Morgan fingerprint density at radius 1 is 1.26 bits per heavy atom. The molecule has 0 bridgehead atoms. The molecule has 2 heterocycles. The van der Waals surface area contributed by atoms with Crippen LogP contribution in [0.1, 0.15) is 37.9 Å². The Kier molecular flexibility index (Phi) is 8.28. The van der Waals surface area contributed by atoms with Crippen molar-refractivity contribution in [3.63, 3.8) is 0 Å². The van der Waals surface area contributed by atoms with E-state index in [1.54, 1.807) is 12.3 Å². The summed E-state index contributed by atoms with van der Waals surface area (Å²) in [6.07, 6.45) is -3.10. The fourth-order valence-electron chi connectivity index (χ4n) is 2.46. The molecule has 0 saturated heterocycles. The van der Waals surface area contributed by atoms with Gasteiger partial charge in [-0.3, -0.25) is 14.7 Å². The second-order valence-corrected chi connectivity index (χ2v) is 7.67. The summed E-state index contributed by atoms with van der Waals surface area (Å²) in [5, 5.41) is 14.8. The number of carbonyl (C=O) groups excluding carboxylic acids is 2. The number of nitrogens with two attached hydrogens (primary N) is 2. The molecule has 170 valence electrons. The van der Waals surface area contributed by atoms with Gasteiger partial charge in [-0.2, -0.15) is 18.3 Å². The number of hydrogen-bond donors (Lipinski definition) is 4. The monoisotopic (exact) mass is 459 g/mol. The molecule has 0 aromatic carbocycles. The number of nitrogens with zero attached hydrogens (tertiary/aromatic N) is 3. The maximum Gasteiger partial charge on any atom is 0.389 e. The van der Waals surface area contributed by atoms with E-state index >= 15 is 0 Å². The average Bonchev–Trinajstić information content (AvgIpc) is 3.11.